The van der Waals surface area contributed by atoms with E-state index >= 15 is 0 Å². The molecule has 0 aliphatic carbocycles. The molecule has 2 fully saturated rings. The Kier molecular flexibility index (Phi) is 4.81. The minimum atomic E-state index is -0.189. The highest BCUT2D eigenvalue weighted by molar-refractivity contribution is 5.80. The largest absolute Gasteiger partial charge is 0.375 e. The summed E-state index contributed by atoms with van der Waals surface area (Å²) < 4.78 is 4.94. The summed E-state index contributed by atoms with van der Waals surface area (Å²) in [6.07, 6.45) is 6.20. The normalized spacial score (nSPS) is 26.9. The van der Waals surface area contributed by atoms with Crippen LogP contribution in [0.3, 0.4) is 0 Å². The Morgan fingerprint density at radius 1 is 1.45 bits per heavy atom. The predicted molar refractivity (Wildman–Crippen MR) is 76.2 cm³/mol. The molecule has 0 unspecified atom stereocenters. The lowest BCUT2D eigenvalue weighted by molar-refractivity contribution is -0.151. The lowest BCUT2D eigenvalue weighted by Gasteiger charge is -2.51. The smallest absolute Gasteiger partial charge is 0.248 e. The van der Waals surface area contributed by atoms with E-state index in [9.17, 15) is 9.59 Å². The zero-order chi connectivity index (χ0) is 14.6. The second kappa shape index (κ2) is 6.39. The third kappa shape index (κ3) is 2.87. The fraction of sp³-hybridized carbons (Fsp3) is 0.733. The molecule has 0 radical (unpaired) electrons. The summed E-state index contributed by atoms with van der Waals surface area (Å²) >= 11 is 0. The van der Waals surface area contributed by atoms with Gasteiger partial charge in [-0.1, -0.05) is 6.08 Å². The first-order valence-corrected chi connectivity index (χ1v) is 7.31. The van der Waals surface area contributed by atoms with Crippen molar-refractivity contribution in [1.29, 1.82) is 0 Å². The van der Waals surface area contributed by atoms with Gasteiger partial charge >= 0.3 is 0 Å². The third-order valence-corrected chi connectivity index (χ3v) is 4.39. The molecule has 2 aliphatic heterocycles. The lowest BCUT2D eigenvalue weighted by atomic mass is 9.79. The molecule has 20 heavy (non-hydrogen) atoms. The molecule has 2 saturated heterocycles. The third-order valence-electron chi connectivity index (χ3n) is 4.39. The van der Waals surface area contributed by atoms with Crippen LogP contribution < -0.4 is 0 Å². The first-order chi connectivity index (χ1) is 9.63. The molecule has 112 valence electrons. The van der Waals surface area contributed by atoms with Gasteiger partial charge in [-0.05, 0) is 25.7 Å². The van der Waals surface area contributed by atoms with Gasteiger partial charge in [0, 0.05) is 33.2 Å². The lowest BCUT2D eigenvalue weighted by Crippen LogP contribution is -2.63. The highest BCUT2D eigenvalue weighted by Crippen LogP contribution is 2.36. The van der Waals surface area contributed by atoms with Crippen LogP contribution in [0.5, 0.6) is 0 Å². The van der Waals surface area contributed by atoms with E-state index in [0.29, 0.717) is 19.5 Å². The van der Waals surface area contributed by atoms with Crippen LogP contribution in [0.15, 0.2) is 12.7 Å². The summed E-state index contributed by atoms with van der Waals surface area (Å²) in [6.45, 7) is 5.85. The second-order valence-corrected chi connectivity index (χ2v) is 5.72. The SMILES string of the molecule is C=CCN1C(=O)CCC[C@]12CCCN(C(=O)COC)C2. The zero-order valence-corrected chi connectivity index (χ0v) is 12.3. The summed E-state index contributed by atoms with van der Waals surface area (Å²) in [6, 6.07) is 0. The van der Waals surface area contributed by atoms with Crippen LogP contribution in [-0.2, 0) is 14.3 Å². The molecule has 2 heterocycles. The average Bonchev–Trinajstić information content (AvgIpc) is 2.44. The molecular formula is C15H24N2O3. The van der Waals surface area contributed by atoms with Crippen LogP contribution >= 0.6 is 0 Å². The number of amides is 2. The van der Waals surface area contributed by atoms with Crippen molar-refractivity contribution in [2.45, 2.75) is 37.6 Å². The summed E-state index contributed by atoms with van der Waals surface area (Å²) in [5.74, 6) is 0.209. The van der Waals surface area contributed by atoms with Crippen molar-refractivity contribution in [1.82, 2.24) is 9.80 Å². The molecule has 0 aromatic heterocycles. The number of hydrogen-bond acceptors (Lipinski definition) is 3. The van der Waals surface area contributed by atoms with Gasteiger partial charge in [0.1, 0.15) is 6.61 Å². The average molecular weight is 280 g/mol. The maximum atomic E-state index is 12.2. The van der Waals surface area contributed by atoms with Gasteiger partial charge in [-0.15, -0.1) is 6.58 Å². The molecule has 5 nitrogen and oxygen atoms in total. The standard InChI is InChI=1S/C15H24N2O3/c1-3-9-17-13(18)6-4-7-15(17)8-5-10-16(12-15)14(19)11-20-2/h3H,1,4-12H2,2H3/t15-/m1/s1. The number of likely N-dealkylation sites (tertiary alicyclic amines) is 2. The second-order valence-electron chi connectivity index (χ2n) is 5.72. The Labute approximate surface area is 120 Å². The van der Waals surface area contributed by atoms with Crippen molar-refractivity contribution < 1.29 is 14.3 Å². The van der Waals surface area contributed by atoms with E-state index in [2.05, 4.69) is 6.58 Å². The first-order valence-electron chi connectivity index (χ1n) is 7.31. The van der Waals surface area contributed by atoms with Crippen LogP contribution in [0.4, 0.5) is 0 Å². The Morgan fingerprint density at radius 3 is 2.90 bits per heavy atom. The van der Waals surface area contributed by atoms with Gasteiger partial charge in [0.15, 0.2) is 0 Å². The summed E-state index contributed by atoms with van der Waals surface area (Å²) in [5, 5.41) is 0. The van der Waals surface area contributed by atoms with Crippen molar-refractivity contribution >= 4 is 11.8 Å². The van der Waals surface area contributed by atoms with Gasteiger partial charge < -0.3 is 14.5 Å². The molecule has 0 N–H and O–H groups in total. The highest BCUT2D eigenvalue weighted by Gasteiger charge is 2.45. The van der Waals surface area contributed by atoms with Gasteiger partial charge in [0.2, 0.25) is 11.8 Å². The van der Waals surface area contributed by atoms with E-state index in [4.69, 9.17) is 4.74 Å². The monoisotopic (exact) mass is 280 g/mol. The van der Waals surface area contributed by atoms with Crippen molar-refractivity contribution in [3.8, 4) is 0 Å². The molecule has 0 aromatic rings. The summed E-state index contributed by atoms with van der Waals surface area (Å²) in [5.41, 5.74) is -0.189. The number of carbonyl (C=O) groups excluding carboxylic acids is 2. The van der Waals surface area contributed by atoms with Gasteiger partial charge in [-0.2, -0.15) is 0 Å². The number of nitrogens with zero attached hydrogens (tertiary/aromatic N) is 2. The Morgan fingerprint density at radius 2 is 2.20 bits per heavy atom. The van der Waals surface area contributed by atoms with Crippen LogP contribution in [0.1, 0.15) is 32.1 Å². The van der Waals surface area contributed by atoms with Crippen molar-refractivity contribution in [2.75, 3.05) is 33.4 Å². The number of methoxy groups -OCH3 is 1. The molecule has 2 rings (SSSR count). The van der Waals surface area contributed by atoms with E-state index in [1.54, 1.807) is 6.08 Å². The fourth-order valence-corrected chi connectivity index (χ4v) is 3.49. The number of carbonyl (C=O) groups is 2. The van der Waals surface area contributed by atoms with E-state index < -0.39 is 0 Å². The quantitative estimate of drug-likeness (QED) is 0.727. The Balaban J connectivity index is 2.16. The van der Waals surface area contributed by atoms with E-state index in [1.165, 1.54) is 7.11 Å². The van der Waals surface area contributed by atoms with E-state index in [1.807, 2.05) is 9.80 Å². The first kappa shape index (κ1) is 15.0. The van der Waals surface area contributed by atoms with Crippen LogP contribution in [0.25, 0.3) is 0 Å². The predicted octanol–water partition coefficient (Wildman–Crippen LogP) is 1.19. The van der Waals surface area contributed by atoms with Gasteiger partial charge in [-0.25, -0.2) is 0 Å². The Hall–Kier alpha value is -1.36. The van der Waals surface area contributed by atoms with Crippen molar-refractivity contribution in [2.24, 2.45) is 0 Å². The zero-order valence-electron chi connectivity index (χ0n) is 12.3. The minimum absolute atomic E-state index is 0.0168. The maximum Gasteiger partial charge on any atom is 0.248 e. The summed E-state index contributed by atoms with van der Waals surface area (Å²) in [4.78, 5) is 28.0. The molecule has 1 atom stereocenters. The van der Waals surface area contributed by atoms with Gasteiger partial charge in [0.05, 0.1) is 5.54 Å². The van der Waals surface area contributed by atoms with Crippen LogP contribution in [0, 0.1) is 0 Å². The minimum Gasteiger partial charge on any atom is -0.375 e. The van der Waals surface area contributed by atoms with Crippen molar-refractivity contribution in [3.63, 3.8) is 0 Å². The molecule has 0 bridgehead atoms. The topological polar surface area (TPSA) is 49.9 Å². The summed E-state index contributed by atoms with van der Waals surface area (Å²) in [7, 11) is 1.53. The van der Waals surface area contributed by atoms with Crippen LogP contribution in [0.2, 0.25) is 0 Å². The number of piperidine rings is 2. The highest BCUT2D eigenvalue weighted by atomic mass is 16.5. The number of ether oxygens (including phenoxy) is 1. The maximum absolute atomic E-state index is 12.2. The molecule has 0 aromatic carbocycles. The van der Waals surface area contributed by atoms with E-state index in [-0.39, 0.29) is 24.0 Å². The van der Waals surface area contributed by atoms with Crippen LogP contribution in [-0.4, -0.2) is 60.5 Å². The molecular weight excluding hydrogens is 256 g/mol. The van der Waals surface area contributed by atoms with Gasteiger partial charge in [-0.3, -0.25) is 9.59 Å². The molecule has 1 spiro atoms. The number of hydrogen-bond donors (Lipinski definition) is 0. The van der Waals surface area contributed by atoms with Gasteiger partial charge in [0.25, 0.3) is 0 Å². The fourth-order valence-electron chi connectivity index (χ4n) is 3.49. The Bertz CT molecular complexity index is 393. The molecule has 2 aliphatic rings. The van der Waals surface area contributed by atoms with Crippen molar-refractivity contribution in [3.05, 3.63) is 12.7 Å². The number of rotatable bonds is 4. The molecule has 2 amide bonds. The van der Waals surface area contributed by atoms with E-state index in [0.717, 1.165) is 32.2 Å². The molecule has 0 saturated carbocycles. The molecule has 5 heteroatoms.